The van der Waals surface area contributed by atoms with Crippen molar-refractivity contribution in [2.75, 3.05) is 20.3 Å². The topological polar surface area (TPSA) is 40.0 Å². The zero-order chi connectivity index (χ0) is 23.1. The number of hydrogen-bond donors (Lipinski definition) is 0. The molecule has 0 amide bonds. The quantitative estimate of drug-likeness (QED) is 0.167. The van der Waals surface area contributed by atoms with Gasteiger partial charge in [-0.1, -0.05) is 49.4 Å². The van der Waals surface area contributed by atoms with E-state index >= 15 is 0 Å². The summed E-state index contributed by atoms with van der Waals surface area (Å²) in [7, 11) is 1.57. The number of benzene rings is 2. The van der Waals surface area contributed by atoms with Gasteiger partial charge in [0, 0.05) is 0 Å². The van der Waals surface area contributed by atoms with Crippen LogP contribution in [0.4, 0.5) is 0 Å². The average Bonchev–Trinajstić information content (AvgIpc) is 2.77. The van der Waals surface area contributed by atoms with E-state index in [0.717, 1.165) is 53.2 Å². The molecule has 2 rings (SSSR count). The smallest absolute Gasteiger partial charge is 0.125 e. The minimum absolute atomic E-state index is 0.591. The SMILES string of the molecule is C/C=C/COc1cc(C)c(OCCCCc2cccc(/C(C)=N\OC)c2)c(C)c1.CC. The fraction of sp³-hybridized carbons (Fsp3) is 0.444. The van der Waals surface area contributed by atoms with E-state index in [9.17, 15) is 0 Å². The molecule has 0 heterocycles. The van der Waals surface area contributed by atoms with Crippen LogP contribution in [0.5, 0.6) is 11.5 Å². The molecule has 0 saturated carbocycles. The normalized spacial score (nSPS) is 11.1. The molecule has 4 nitrogen and oxygen atoms in total. The molecular weight excluding hydrogens is 386 g/mol. The molecule has 4 heteroatoms. The third-order valence-electron chi connectivity index (χ3n) is 4.69. The predicted molar refractivity (Wildman–Crippen MR) is 132 cm³/mol. The van der Waals surface area contributed by atoms with E-state index in [-0.39, 0.29) is 0 Å². The first-order valence-electron chi connectivity index (χ1n) is 11.2. The lowest BCUT2D eigenvalue weighted by atomic mass is 10.0. The Kier molecular flexibility index (Phi) is 12.8. The molecule has 0 aliphatic carbocycles. The number of hydrogen-bond acceptors (Lipinski definition) is 4. The first kappa shape index (κ1) is 26.3. The van der Waals surface area contributed by atoms with Gasteiger partial charge in [-0.2, -0.15) is 0 Å². The molecule has 2 aromatic carbocycles. The maximum absolute atomic E-state index is 6.07. The molecule has 31 heavy (non-hydrogen) atoms. The van der Waals surface area contributed by atoms with Crippen LogP contribution in [0, 0.1) is 13.8 Å². The van der Waals surface area contributed by atoms with Gasteiger partial charge >= 0.3 is 0 Å². The Bertz CT molecular complexity index is 817. The highest BCUT2D eigenvalue weighted by molar-refractivity contribution is 5.98. The molecule has 0 aliphatic rings. The molecule has 0 saturated heterocycles. The van der Waals surface area contributed by atoms with Crippen LogP contribution in [0.15, 0.2) is 53.7 Å². The van der Waals surface area contributed by atoms with Crippen molar-refractivity contribution in [3.63, 3.8) is 0 Å². The van der Waals surface area contributed by atoms with E-state index < -0.39 is 0 Å². The zero-order valence-corrected chi connectivity index (χ0v) is 20.3. The second-order valence-electron chi connectivity index (χ2n) is 7.13. The first-order valence-corrected chi connectivity index (χ1v) is 11.2. The summed E-state index contributed by atoms with van der Waals surface area (Å²) in [5.74, 6) is 1.86. The number of allylic oxidation sites excluding steroid dienone is 1. The highest BCUT2D eigenvalue weighted by atomic mass is 16.6. The van der Waals surface area contributed by atoms with Gasteiger partial charge in [-0.3, -0.25) is 0 Å². The molecule has 0 atom stereocenters. The predicted octanol–water partition coefficient (Wildman–Crippen LogP) is 7.06. The molecule has 0 aliphatic heterocycles. The third-order valence-corrected chi connectivity index (χ3v) is 4.69. The molecule has 0 spiro atoms. The summed E-state index contributed by atoms with van der Waals surface area (Å²) in [5.41, 5.74) is 5.52. The minimum Gasteiger partial charge on any atom is -0.493 e. The van der Waals surface area contributed by atoms with Gasteiger partial charge in [0.15, 0.2) is 0 Å². The van der Waals surface area contributed by atoms with Crippen molar-refractivity contribution in [1.82, 2.24) is 0 Å². The second-order valence-corrected chi connectivity index (χ2v) is 7.13. The monoisotopic (exact) mass is 425 g/mol. The van der Waals surface area contributed by atoms with E-state index in [0.29, 0.717) is 13.2 Å². The first-order chi connectivity index (χ1) is 15.0. The van der Waals surface area contributed by atoms with Crippen molar-refractivity contribution >= 4 is 5.71 Å². The van der Waals surface area contributed by atoms with Crippen LogP contribution < -0.4 is 9.47 Å². The minimum atomic E-state index is 0.591. The van der Waals surface area contributed by atoms with Crippen molar-refractivity contribution in [3.8, 4) is 11.5 Å². The summed E-state index contributed by atoms with van der Waals surface area (Å²) in [6, 6.07) is 12.6. The summed E-state index contributed by atoms with van der Waals surface area (Å²) in [5, 5.41) is 4.01. The Hall–Kier alpha value is -2.75. The number of ether oxygens (including phenoxy) is 2. The van der Waals surface area contributed by atoms with Crippen LogP contribution in [0.1, 0.15) is 62.8 Å². The van der Waals surface area contributed by atoms with Crippen LogP contribution in [0.3, 0.4) is 0 Å². The van der Waals surface area contributed by atoms with Crippen molar-refractivity contribution in [3.05, 3.63) is 70.8 Å². The Morgan fingerprint density at radius 3 is 2.35 bits per heavy atom. The van der Waals surface area contributed by atoms with Crippen molar-refractivity contribution in [2.24, 2.45) is 5.16 Å². The Balaban J connectivity index is 0.00000233. The zero-order valence-electron chi connectivity index (χ0n) is 20.3. The van der Waals surface area contributed by atoms with Crippen LogP contribution >= 0.6 is 0 Å². The highest BCUT2D eigenvalue weighted by Crippen LogP contribution is 2.28. The van der Waals surface area contributed by atoms with E-state index in [1.807, 2.05) is 52.0 Å². The van der Waals surface area contributed by atoms with Gasteiger partial charge in [-0.05, 0) is 87.4 Å². The van der Waals surface area contributed by atoms with Crippen molar-refractivity contribution in [1.29, 1.82) is 0 Å². The Morgan fingerprint density at radius 1 is 1.00 bits per heavy atom. The van der Waals surface area contributed by atoms with Crippen molar-refractivity contribution in [2.45, 2.75) is 60.8 Å². The largest absolute Gasteiger partial charge is 0.493 e. The maximum Gasteiger partial charge on any atom is 0.125 e. The average molecular weight is 426 g/mol. The third kappa shape index (κ3) is 9.29. The maximum atomic E-state index is 6.07. The molecule has 0 fully saturated rings. The molecule has 0 unspecified atom stereocenters. The Morgan fingerprint density at radius 2 is 1.71 bits per heavy atom. The van der Waals surface area contributed by atoms with Crippen LogP contribution in [-0.2, 0) is 11.3 Å². The summed E-state index contributed by atoms with van der Waals surface area (Å²) >= 11 is 0. The Labute approximate surface area is 188 Å². The number of aryl methyl sites for hydroxylation is 3. The fourth-order valence-corrected chi connectivity index (χ4v) is 3.21. The van der Waals surface area contributed by atoms with Crippen molar-refractivity contribution < 1.29 is 14.3 Å². The van der Waals surface area contributed by atoms with Gasteiger partial charge in [0.05, 0.1) is 12.3 Å². The highest BCUT2D eigenvalue weighted by Gasteiger charge is 2.07. The lowest BCUT2D eigenvalue weighted by molar-refractivity contribution is 0.213. The van der Waals surface area contributed by atoms with Crippen LogP contribution in [0.25, 0.3) is 0 Å². The number of unbranched alkanes of at least 4 members (excludes halogenated alkanes) is 1. The number of nitrogens with zero attached hydrogens (tertiary/aromatic N) is 1. The summed E-state index contributed by atoms with van der Waals surface area (Å²) in [6.07, 6.45) is 7.09. The van der Waals surface area contributed by atoms with Gasteiger partial charge in [-0.25, -0.2) is 0 Å². The van der Waals surface area contributed by atoms with Gasteiger partial charge in [0.1, 0.15) is 25.2 Å². The molecule has 0 bridgehead atoms. The van der Waals surface area contributed by atoms with Gasteiger partial charge in [0.2, 0.25) is 0 Å². The molecule has 0 radical (unpaired) electrons. The fourth-order valence-electron chi connectivity index (χ4n) is 3.21. The van der Waals surface area contributed by atoms with Gasteiger partial charge in [0.25, 0.3) is 0 Å². The number of oxime groups is 1. The van der Waals surface area contributed by atoms with Crippen LogP contribution in [0.2, 0.25) is 0 Å². The van der Waals surface area contributed by atoms with E-state index in [1.165, 1.54) is 5.56 Å². The second kappa shape index (κ2) is 15.1. The molecule has 2 aromatic rings. The standard InChI is InChI=1S/C25H33NO3.C2H6/c1-6-7-14-28-24-16-19(2)25(20(3)17-24)29-15-9-8-11-22-12-10-13-23(18-22)21(4)26-27-5;1-2/h6-7,10,12-13,16-18H,8-9,11,14-15H2,1-5H3;1-2H3/b7-6+,26-21-;. The molecule has 0 N–H and O–H groups in total. The van der Waals surface area contributed by atoms with E-state index in [2.05, 4.69) is 43.3 Å². The lowest BCUT2D eigenvalue weighted by Gasteiger charge is -2.14. The van der Waals surface area contributed by atoms with E-state index in [1.54, 1.807) is 7.11 Å². The van der Waals surface area contributed by atoms with Gasteiger partial charge in [-0.15, -0.1) is 0 Å². The summed E-state index contributed by atoms with van der Waals surface area (Å²) in [4.78, 5) is 4.86. The molecule has 0 aromatic heterocycles. The lowest BCUT2D eigenvalue weighted by Crippen LogP contribution is -2.03. The van der Waals surface area contributed by atoms with E-state index in [4.69, 9.17) is 14.3 Å². The van der Waals surface area contributed by atoms with Gasteiger partial charge < -0.3 is 14.3 Å². The molecular formula is C27H39NO3. The summed E-state index contributed by atoms with van der Waals surface area (Å²) in [6.45, 7) is 13.4. The van der Waals surface area contributed by atoms with Crippen LogP contribution in [-0.4, -0.2) is 26.0 Å². The molecule has 170 valence electrons. The summed E-state index contributed by atoms with van der Waals surface area (Å²) < 4.78 is 11.8. The number of rotatable bonds is 11.